The van der Waals surface area contributed by atoms with Crippen LogP contribution in [0, 0.1) is 0 Å². The van der Waals surface area contributed by atoms with E-state index in [-0.39, 0.29) is 12.0 Å². The van der Waals surface area contributed by atoms with E-state index in [0.29, 0.717) is 25.5 Å². The Hall–Kier alpha value is -1.85. The topological polar surface area (TPSA) is 54.7 Å². The van der Waals surface area contributed by atoms with Crippen molar-refractivity contribution in [3.8, 4) is 0 Å². The van der Waals surface area contributed by atoms with Gasteiger partial charge in [0.1, 0.15) is 5.58 Å². The highest BCUT2D eigenvalue weighted by Crippen LogP contribution is 2.20. The number of nitrogens with zero attached hydrogens (tertiary/aromatic N) is 1. The fraction of sp³-hybridized carbons (Fsp3) is 0.400. The van der Waals surface area contributed by atoms with Gasteiger partial charge in [-0.1, -0.05) is 18.2 Å². The molecule has 0 bridgehead atoms. The van der Waals surface area contributed by atoms with Crippen molar-refractivity contribution in [2.75, 3.05) is 33.3 Å². The molecule has 2 aromatic rings. The van der Waals surface area contributed by atoms with Crippen LogP contribution in [0.3, 0.4) is 0 Å². The Morgan fingerprint density at radius 2 is 2.30 bits per heavy atom. The lowest BCUT2D eigenvalue weighted by atomic mass is 10.2. The van der Waals surface area contributed by atoms with Crippen LogP contribution in [0.15, 0.2) is 34.7 Å². The molecule has 2 heterocycles. The van der Waals surface area contributed by atoms with Crippen LogP contribution in [0.25, 0.3) is 11.0 Å². The number of hydrogen-bond donors (Lipinski definition) is 1. The molecule has 0 saturated carbocycles. The number of rotatable bonds is 3. The fourth-order valence-corrected chi connectivity index (χ4v) is 2.50. The van der Waals surface area contributed by atoms with E-state index >= 15 is 0 Å². The number of benzene rings is 1. The highest BCUT2D eigenvalue weighted by Gasteiger charge is 2.26. The fourth-order valence-electron chi connectivity index (χ4n) is 2.50. The summed E-state index contributed by atoms with van der Waals surface area (Å²) < 4.78 is 11.2. The smallest absolute Gasteiger partial charge is 0.289 e. The second-order valence-electron chi connectivity index (χ2n) is 4.95. The van der Waals surface area contributed by atoms with Crippen molar-refractivity contribution < 1.29 is 13.9 Å². The summed E-state index contributed by atoms with van der Waals surface area (Å²) in [6.45, 7) is 2.51. The number of morpholine rings is 1. The average molecular weight is 274 g/mol. The van der Waals surface area contributed by atoms with Crippen LogP contribution in [0.5, 0.6) is 0 Å². The summed E-state index contributed by atoms with van der Waals surface area (Å²) in [5.41, 5.74) is 0.746. The van der Waals surface area contributed by atoms with Crippen molar-refractivity contribution in [2.45, 2.75) is 6.10 Å². The summed E-state index contributed by atoms with van der Waals surface area (Å²) in [5.74, 6) is 0.335. The van der Waals surface area contributed by atoms with Gasteiger partial charge in [-0.15, -0.1) is 0 Å². The Bertz CT molecular complexity index is 573. The molecule has 1 N–H and O–H groups in total. The lowest BCUT2D eigenvalue weighted by Gasteiger charge is -2.32. The molecule has 106 valence electrons. The maximum Gasteiger partial charge on any atom is 0.289 e. The lowest BCUT2D eigenvalue weighted by Crippen LogP contribution is -2.48. The lowest BCUT2D eigenvalue weighted by molar-refractivity contribution is -0.0205. The number of furan rings is 1. The van der Waals surface area contributed by atoms with Gasteiger partial charge in [0.2, 0.25) is 0 Å². The van der Waals surface area contributed by atoms with Gasteiger partial charge in [-0.3, -0.25) is 4.79 Å². The molecule has 1 atom stereocenters. The van der Waals surface area contributed by atoms with Crippen molar-refractivity contribution in [2.24, 2.45) is 0 Å². The van der Waals surface area contributed by atoms with Crippen LogP contribution in [0.2, 0.25) is 0 Å². The van der Waals surface area contributed by atoms with Gasteiger partial charge in [-0.25, -0.2) is 0 Å². The Kier molecular flexibility index (Phi) is 3.71. The number of likely N-dealkylation sites (N-methyl/N-ethyl adjacent to an activating group) is 1. The maximum absolute atomic E-state index is 12.5. The Balaban J connectivity index is 1.77. The molecule has 3 rings (SSSR count). The average Bonchev–Trinajstić information content (AvgIpc) is 2.91. The first kappa shape index (κ1) is 13.1. The van der Waals surface area contributed by atoms with Gasteiger partial charge in [0, 0.05) is 25.0 Å². The van der Waals surface area contributed by atoms with Crippen molar-refractivity contribution in [1.82, 2.24) is 10.2 Å². The zero-order valence-electron chi connectivity index (χ0n) is 11.5. The summed E-state index contributed by atoms with van der Waals surface area (Å²) in [6.07, 6.45) is 0.0436. The molecule has 5 nitrogen and oxygen atoms in total. The quantitative estimate of drug-likeness (QED) is 0.921. The molecule has 1 unspecified atom stereocenters. The van der Waals surface area contributed by atoms with Gasteiger partial charge in [-0.2, -0.15) is 0 Å². The van der Waals surface area contributed by atoms with Gasteiger partial charge in [0.05, 0.1) is 12.7 Å². The van der Waals surface area contributed by atoms with Crippen molar-refractivity contribution in [1.29, 1.82) is 0 Å². The zero-order chi connectivity index (χ0) is 13.9. The van der Waals surface area contributed by atoms with E-state index in [1.807, 2.05) is 31.3 Å². The highest BCUT2D eigenvalue weighted by atomic mass is 16.5. The largest absolute Gasteiger partial charge is 0.451 e. The molecular weight excluding hydrogens is 256 g/mol. The number of para-hydroxylation sites is 1. The van der Waals surface area contributed by atoms with E-state index in [0.717, 1.165) is 17.5 Å². The van der Waals surface area contributed by atoms with E-state index in [9.17, 15) is 4.79 Å². The molecule has 1 aliphatic heterocycles. The molecule has 1 saturated heterocycles. The molecular formula is C15H18N2O3. The first-order valence-corrected chi connectivity index (χ1v) is 6.82. The number of ether oxygens (including phenoxy) is 1. The molecule has 0 spiro atoms. The summed E-state index contributed by atoms with van der Waals surface area (Å²) >= 11 is 0. The Morgan fingerprint density at radius 1 is 1.45 bits per heavy atom. The number of fused-ring (bicyclic) bond motifs is 1. The zero-order valence-corrected chi connectivity index (χ0v) is 11.5. The standard InChI is InChI=1S/C15H18N2O3/c1-16-9-12-10-17(6-7-19-12)15(18)14-8-11-4-2-3-5-13(11)20-14/h2-5,8,12,16H,6-7,9-10H2,1H3. The Morgan fingerprint density at radius 3 is 3.10 bits per heavy atom. The highest BCUT2D eigenvalue weighted by molar-refractivity contribution is 5.96. The Labute approximate surface area is 117 Å². The first-order chi connectivity index (χ1) is 9.78. The predicted molar refractivity (Wildman–Crippen MR) is 75.8 cm³/mol. The third kappa shape index (κ3) is 2.55. The first-order valence-electron chi connectivity index (χ1n) is 6.82. The molecule has 1 aromatic heterocycles. The predicted octanol–water partition coefficient (Wildman–Crippen LogP) is 1.49. The summed E-state index contributed by atoms with van der Waals surface area (Å²) in [4.78, 5) is 14.3. The van der Waals surface area contributed by atoms with Crippen LogP contribution in [-0.4, -0.2) is 50.2 Å². The van der Waals surface area contributed by atoms with Crippen molar-refractivity contribution in [3.05, 3.63) is 36.1 Å². The number of hydrogen-bond acceptors (Lipinski definition) is 4. The monoisotopic (exact) mass is 274 g/mol. The number of carbonyl (C=O) groups is 1. The van der Waals surface area contributed by atoms with E-state index in [4.69, 9.17) is 9.15 Å². The van der Waals surface area contributed by atoms with Crippen LogP contribution >= 0.6 is 0 Å². The molecule has 1 aromatic carbocycles. The summed E-state index contributed by atoms with van der Waals surface area (Å²) in [7, 11) is 1.88. The normalized spacial score (nSPS) is 19.4. The minimum absolute atomic E-state index is 0.0436. The number of amides is 1. The molecule has 0 aliphatic carbocycles. The van der Waals surface area contributed by atoms with Gasteiger partial charge in [0.15, 0.2) is 5.76 Å². The van der Waals surface area contributed by atoms with Crippen LogP contribution in [-0.2, 0) is 4.74 Å². The summed E-state index contributed by atoms with van der Waals surface area (Å²) in [5, 5.41) is 4.03. The van der Waals surface area contributed by atoms with E-state index < -0.39 is 0 Å². The molecule has 5 heteroatoms. The molecule has 1 fully saturated rings. The van der Waals surface area contributed by atoms with Crippen LogP contribution in [0.4, 0.5) is 0 Å². The van der Waals surface area contributed by atoms with Gasteiger partial charge >= 0.3 is 0 Å². The third-order valence-corrected chi connectivity index (χ3v) is 3.49. The van der Waals surface area contributed by atoms with Gasteiger partial charge < -0.3 is 19.4 Å². The van der Waals surface area contributed by atoms with E-state index in [2.05, 4.69) is 5.32 Å². The van der Waals surface area contributed by atoms with E-state index in [1.165, 1.54) is 0 Å². The second-order valence-corrected chi connectivity index (χ2v) is 4.95. The molecule has 20 heavy (non-hydrogen) atoms. The van der Waals surface area contributed by atoms with E-state index in [1.54, 1.807) is 11.0 Å². The SMILES string of the molecule is CNCC1CN(C(=O)c2cc3ccccc3o2)CCO1. The minimum Gasteiger partial charge on any atom is -0.451 e. The number of carbonyl (C=O) groups excluding carboxylic acids is 1. The second kappa shape index (κ2) is 5.64. The van der Waals surface area contributed by atoms with Crippen LogP contribution < -0.4 is 5.32 Å². The van der Waals surface area contributed by atoms with Gasteiger partial charge in [0.25, 0.3) is 5.91 Å². The van der Waals surface area contributed by atoms with Gasteiger partial charge in [-0.05, 0) is 19.2 Å². The minimum atomic E-state index is -0.0643. The third-order valence-electron chi connectivity index (χ3n) is 3.49. The summed E-state index contributed by atoms with van der Waals surface area (Å²) in [6, 6.07) is 9.45. The number of nitrogens with one attached hydrogen (secondary N) is 1. The van der Waals surface area contributed by atoms with Crippen molar-refractivity contribution >= 4 is 16.9 Å². The van der Waals surface area contributed by atoms with Crippen LogP contribution in [0.1, 0.15) is 10.6 Å². The van der Waals surface area contributed by atoms with Crippen molar-refractivity contribution in [3.63, 3.8) is 0 Å². The molecule has 1 aliphatic rings. The maximum atomic E-state index is 12.5. The molecule has 0 radical (unpaired) electrons. The molecule has 1 amide bonds.